The largest absolute Gasteiger partial charge is 0.497 e. The molecule has 1 aliphatic rings. The second-order valence-corrected chi connectivity index (χ2v) is 7.78. The van der Waals surface area contributed by atoms with E-state index in [0.717, 1.165) is 11.1 Å². The molecular weight excluding hydrogens is 412 g/mol. The number of hydrogen-bond donors (Lipinski definition) is 1. The highest BCUT2D eigenvalue weighted by Gasteiger charge is 2.40. The summed E-state index contributed by atoms with van der Waals surface area (Å²) in [6.07, 6.45) is 0. The number of halogens is 1. The molecule has 1 N–H and O–H groups in total. The van der Waals surface area contributed by atoms with Crippen molar-refractivity contribution >= 4 is 40.4 Å². The van der Waals surface area contributed by atoms with E-state index in [1.165, 1.54) is 4.90 Å². The molecule has 2 amide bonds. The van der Waals surface area contributed by atoms with E-state index in [-0.39, 0.29) is 11.6 Å². The monoisotopic (exact) mass is 432 g/mol. The third-order valence-electron chi connectivity index (χ3n) is 5.20. The van der Waals surface area contributed by atoms with Crippen LogP contribution >= 0.6 is 11.6 Å². The van der Waals surface area contributed by atoms with Crippen LogP contribution in [-0.4, -0.2) is 18.9 Å². The van der Waals surface area contributed by atoms with Crippen LogP contribution in [0.5, 0.6) is 5.75 Å². The maximum absolute atomic E-state index is 13.5. The van der Waals surface area contributed by atoms with Gasteiger partial charge < -0.3 is 10.1 Å². The first-order chi connectivity index (χ1) is 14.9. The van der Waals surface area contributed by atoms with E-state index < -0.39 is 5.91 Å². The minimum absolute atomic E-state index is 0.232. The summed E-state index contributed by atoms with van der Waals surface area (Å²) in [4.78, 5) is 28.1. The summed E-state index contributed by atoms with van der Waals surface area (Å²) in [5.41, 5.74) is 4.36. The van der Waals surface area contributed by atoms with E-state index in [2.05, 4.69) is 5.32 Å². The Hall–Kier alpha value is -3.57. The fraction of sp³-hybridized carbons (Fsp3) is 0.120. The molecule has 0 aromatic heterocycles. The topological polar surface area (TPSA) is 58.6 Å². The van der Waals surface area contributed by atoms with Crippen LogP contribution in [-0.2, 0) is 9.59 Å². The van der Waals surface area contributed by atoms with Crippen LogP contribution in [0.4, 0.5) is 11.4 Å². The minimum Gasteiger partial charge on any atom is -0.497 e. The average Bonchev–Trinajstić information content (AvgIpc) is 3.00. The Morgan fingerprint density at radius 1 is 0.871 bits per heavy atom. The summed E-state index contributed by atoms with van der Waals surface area (Å²) in [6.45, 7) is 3.86. The molecule has 0 fully saturated rings. The highest BCUT2D eigenvalue weighted by atomic mass is 35.5. The molecule has 3 aromatic carbocycles. The molecule has 1 heterocycles. The van der Waals surface area contributed by atoms with Crippen molar-refractivity contribution in [2.75, 3.05) is 17.3 Å². The molecule has 4 rings (SSSR count). The number of carbonyl (C=O) groups excluding carboxylic acids is 2. The van der Waals surface area contributed by atoms with Crippen LogP contribution in [0.15, 0.2) is 72.4 Å². The molecule has 31 heavy (non-hydrogen) atoms. The lowest BCUT2D eigenvalue weighted by Crippen LogP contribution is -2.32. The van der Waals surface area contributed by atoms with Crippen molar-refractivity contribution in [2.24, 2.45) is 0 Å². The summed E-state index contributed by atoms with van der Waals surface area (Å²) >= 11 is 6.07. The van der Waals surface area contributed by atoms with Crippen molar-refractivity contribution in [3.05, 3.63) is 94.1 Å². The number of ether oxygens (including phenoxy) is 1. The molecule has 0 aliphatic carbocycles. The molecule has 1 aliphatic heterocycles. The number of methoxy groups -OCH3 is 1. The van der Waals surface area contributed by atoms with E-state index in [9.17, 15) is 9.59 Å². The number of amides is 2. The van der Waals surface area contributed by atoms with Gasteiger partial charge in [0.05, 0.1) is 18.4 Å². The maximum atomic E-state index is 13.5. The van der Waals surface area contributed by atoms with Gasteiger partial charge in [-0.3, -0.25) is 9.59 Å². The van der Waals surface area contributed by atoms with Crippen LogP contribution in [0, 0.1) is 13.8 Å². The number of benzene rings is 3. The zero-order valence-electron chi connectivity index (χ0n) is 17.4. The number of aryl methyl sites for hydroxylation is 2. The van der Waals surface area contributed by atoms with Gasteiger partial charge in [-0.2, -0.15) is 0 Å². The molecule has 6 heteroatoms. The number of nitrogens with zero attached hydrogens (tertiary/aromatic N) is 1. The first-order valence-corrected chi connectivity index (χ1v) is 10.1. The Morgan fingerprint density at radius 3 is 2.16 bits per heavy atom. The second-order valence-electron chi connectivity index (χ2n) is 7.34. The third kappa shape index (κ3) is 3.92. The van der Waals surface area contributed by atoms with Crippen LogP contribution in [0.25, 0.3) is 5.57 Å². The van der Waals surface area contributed by atoms with Gasteiger partial charge in [-0.15, -0.1) is 0 Å². The zero-order chi connectivity index (χ0) is 22.1. The fourth-order valence-corrected chi connectivity index (χ4v) is 3.73. The van der Waals surface area contributed by atoms with E-state index in [4.69, 9.17) is 16.3 Å². The predicted molar refractivity (Wildman–Crippen MR) is 123 cm³/mol. The molecule has 0 saturated heterocycles. The number of nitrogens with one attached hydrogen (secondary N) is 1. The number of rotatable bonds is 5. The quantitative estimate of drug-likeness (QED) is 0.551. The predicted octanol–water partition coefficient (Wildman–Crippen LogP) is 5.36. The number of hydrogen-bond acceptors (Lipinski definition) is 4. The summed E-state index contributed by atoms with van der Waals surface area (Å²) in [7, 11) is 1.56. The molecule has 0 atom stereocenters. The van der Waals surface area contributed by atoms with Gasteiger partial charge in [0.2, 0.25) is 0 Å². The van der Waals surface area contributed by atoms with Crippen LogP contribution in [0.3, 0.4) is 0 Å². The SMILES string of the molecule is COc1ccc(N2C(=O)C(Nc3ccc(Cl)cc3C)=C(c3ccc(C)cc3)C2=O)cc1. The first kappa shape index (κ1) is 20.7. The van der Waals surface area contributed by atoms with Gasteiger partial charge in [-0.1, -0.05) is 41.4 Å². The summed E-state index contributed by atoms with van der Waals surface area (Å²) in [5, 5.41) is 3.79. The number of imide groups is 1. The van der Waals surface area contributed by atoms with Gasteiger partial charge in [0.25, 0.3) is 11.8 Å². The third-order valence-corrected chi connectivity index (χ3v) is 5.44. The maximum Gasteiger partial charge on any atom is 0.282 e. The van der Waals surface area contributed by atoms with Gasteiger partial charge in [0.1, 0.15) is 11.4 Å². The summed E-state index contributed by atoms with van der Waals surface area (Å²) in [6, 6.07) is 19.7. The van der Waals surface area contributed by atoms with Crippen LogP contribution < -0.4 is 15.0 Å². The van der Waals surface area contributed by atoms with Crippen LogP contribution in [0.2, 0.25) is 5.02 Å². The highest BCUT2D eigenvalue weighted by molar-refractivity contribution is 6.46. The van der Waals surface area contributed by atoms with Gasteiger partial charge in [0, 0.05) is 10.7 Å². The molecule has 0 saturated carbocycles. The fourth-order valence-electron chi connectivity index (χ4n) is 3.50. The van der Waals surface area contributed by atoms with Crippen molar-refractivity contribution < 1.29 is 14.3 Å². The van der Waals surface area contributed by atoms with E-state index >= 15 is 0 Å². The lowest BCUT2D eigenvalue weighted by molar-refractivity contribution is -0.120. The van der Waals surface area contributed by atoms with Crippen molar-refractivity contribution in [2.45, 2.75) is 13.8 Å². The molecule has 0 bridgehead atoms. The van der Waals surface area contributed by atoms with E-state index in [1.54, 1.807) is 49.6 Å². The zero-order valence-corrected chi connectivity index (χ0v) is 18.2. The lowest BCUT2D eigenvalue weighted by atomic mass is 10.0. The van der Waals surface area contributed by atoms with Crippen molar-refractivity contribution in [1.29, 1.82) is 0 Å². The second kappa shape index (κ2) is 8.28. The first-order valence-electron chi connectivity index (χ1n) is 9.76. The van der Waals surface area contributed by atoms with Crippen molar-refractivity contribution in [1.82, 2.24) is 0 Å². The number of carbonyl (C=O) groups is 2. The molecule has 0 unspecified atom stereocenters. The van der Waals surface area contributed by atoms with Crippen molar-refractivity contribution in [3.63, 3.8) is 0 Å². The van der Waals surface area contributed by atoms with E-state index in [1.807, 2.05) is 38.1 Å². The molecule has 0 spiro atoms. The van der Waals surface area contributed by atoms with Gasteiger partial charge in [-0.05, 0) is 67.4 Å². The van der Waals surface area contributed by atoms with Crippen LogP contribution in [0.1, 0.15) is 16.7 Å². The van der Waals surface area contributed by atoms with Crippen molar-refractivity contribution in [3.8, 4) is 5.75 Å². The smallest absolute Gasteiger partial charge is 0.282 e. The Balaban J connectivity index is 1.81. The number of anilines is 2. The Kier molecular flexibility index (Phi) is 5.53. The highest BCUT2D eigenvalue weighted by Crippen LogP contribution is 2.35. The van der Waals surface area contributed by atoms with Gasteiger partial charge in [-0.25, -0.2) is 4.90 Å². The molecule has 156 valence electrons. The molecule has 0 radical (unpaired) electrons. The normalized spacial score (nSPS) is 13.7. The van der Waals surface area contributed by atoms with Gasteiger partial charge in [0.15, 0.2) is 0 Å². The van der Waals surface area contributed by atoms with Gasteiger partial charge >= 0.3 is 0 Å². The lowest BCUT2D eigenvalue weighted by Gasteiger charge is -2.16. The molecular formula is C25H21ClN2O3. The Morgan fingerprint density at radius 2 is 1.55 bits per heavy atom. The Labute approximate surface area is 185 Å². The average molecular weight is 433 g/mol. The Bertz CT molecular complexity index is 1200. The summed E-state index contributed by atoms with van der Waals surface area (Å²) in [5.74, 6) is -0.155. The molecule has 5 nitrogen and oxygen atoms in total. The minimum atomic E-state index is -0.417. The molecule has 3 aromatic rings. The summed E-state index contributed by atoms with van der Waals surface area (Å²) < 4.78 is 5.19. The standard InChI is InChI=1S/C25H21ClN2O3/c1-15-4-6-17(7-5-15)22-23(27-21-13-8-18(26)14-16(21)2)25(30)28(24(22)29)19-9-11-20(31-3)12-10-19/h4-14,27H,1-3H3. The van der Waals surface area contributed by atoms with E-state index in [0.29, 0.717) is 33.3 Å².